The molecule has 168 valence electrons. The monoisotopic (exact) mass is 449 g/mol. The average Bonchev–Trinajstić information content (AvgIpc) is 3.24. The fraction of sp³-hybridized carbons (Fsp3) is 0.208. The van der Waals surface area contributed by atoms with Crippen molar-refractivity contribution in [1.82, 2.24) is 19.3 Å². The summed E-state index contributed by atoms with van der Waals surface area (Å²) in [5.74, 6) is -1.33. The number of carbonyl (C=O) groups excluding carboxylic acids is 1. The molecule has 3 aromatic heterocycles. The third-order valence-corrected chi connectivity index (χ3v) is 5.47. The van der Waals surface area contributed by atoms with Gasteiger partial charge in [-0.25, -0.2) is 18.7 Å². The first kappa shape index (κ1) is 21.2. The van der Waals surface area contributed by atoms with Crippen LogP contribution >= 0.6 is 0 Å². The molecule has 1 aliphatic heterocycles. The highest BCUT2D eigenvalue weighted by atomic mass is 19.1. The van der Waals surface area contributed by atoms with Gasteiger partial charge in [0.2, 0.25) is 0 Å². The van der Waals surface area contributed by atoms with E-state index in [1.165, 1.54) is 12.1 Å². The number of morpholine rings is 1. The van der Waals surface area contributed by atoms with Crippen LogP contribution in [0.3, 0.4) is 0 Å². The Morgan fingerprint density at radius 1 is 1.06 bits per heavy atom. The van der Waals surface area contributed by atoms with Crippen LogP contribution in [0.2, 0.25) is 0 Å². The van der Waals surface area contributed by atoms with Gasteiger partial charge in [0.1, 0.15) is 23.1 Å². The van der Waals surface area contributed by atoms with Crippen LogP contribution in [0, 0.1) is 11.6 Å². The Kier molecular flexibility index (Phi) is 5.80. The molecular formula is C24H21F2N5O2. The zero-order valence-electron chi connectivity index (χ0n) is 17.7. The summed E-state index contributed by atoms with van der Waals surface area (Å²) in [6.45, 7) is 3.77. The van der Waals surface area contributed by atoms with Gasteiger partial charge in [0, 0.05) is 43.7 Å². The van der Waals surface area contributed by atoms with Crippen LogP contribution < -0.4 is 5.32 Å². The smallest absolute Gasteiger partial charge is 0.260 e. The van der Waals surface area contributed by atoms with Gasteiger partial charge in [-0.2, -0.15) is 0 Å². The minimum Gasteiger partial charge on any atom is -0.379 e. The second kappa shape index (κ2) is 9.05. The molecule has 0 radical (unpaired) electrons. The molecule has 4 aromatic rings. The van der Waals surface area contributed by atoms with Crippen molar-refractivity contribution in [2.45, 2.75) is 6.54 Å². The van der Waals surface area contributed by atoms with E-state index in [1.54, 1.807) is 35.0 Å². The first-order valence-corrected chi connectivity index (χ1v) is 10.6. The zero-order chi connectivity index (χ0) is 22.8. The van der Waals surface area contributed by atoms with Gasteiger partial charge in [-0.3, -0.25) is 9.69 Å². The van der Waals surface area contributed by atoms with Crippen LogP contribution in [0.25, 0.3) is 16.9 Å². The summed E-state index contributed by atoms with van der Waals surface area (Å²) in [5, 5.41) is 2.83. The van der Waals surface area contributed by atoms with Gasteiger partial charge in [0.05, 0.1) is 30.2 Å². The highest BCUT2D eigenvalue weighted by Gasteiger charge is 2.17. The molecule has 1 saturated heterocycles. The maximum atomic E-state index is 14.2. The lowest BCUT2D eigenvalue weighted by molar-refractivity contribution is 0.0337. The van der Waals surface area contributed by atoms with Crippen molar-refractivity contribution >= 4 is 17.4 Å². The number of carbonyl (C=O) groups is 1. The number of fused-ring (bicyclic) bond motifs is 1. The number of rotatable bonds is 5. The Morgan fingerprint density at radius 3 is 2.73 bits per heavy atom. The lowest BCUT2D eigenvalue weighted by Crippen LogP contribution is -2.35. The van der Waals surface area contributed by atoms with Crippen molar-refractivity contribution in [2.75, 3.05) is 31.6 Å². The Labute approximate surface area is 188 Å². The van der Waals surface area contributed by atoms with E-state index in [4.69, 9.17) is 4.74 Å². The molecule has 4 heterocycles. The van der Waals surface area contributed by atoms with Crippen LogP contribution in [0.5, 0.6) is 0 Å². The normalized spacial score (nSPS) is 14.5. The van der Waals surface area contributed by atoms with E-state index < -0.39 is 11.6 Å². The summed E-state index contributed by atoms with van der Waals surface area (Å²) in [7, 11) is 0. The molecule has 1 aromatic carbocycles. The van der Waals surface area contributed by atoms with Crippen molar-refractivity contribution in [2.24, 2.45) is 0 Å². The molecule has 0 bridgehead atoms. The number of aromatic nitrogens is 3. The number of ether oxygens (including phenoxy) is 1. The summed E-state index contributed by atoms with van der Waals surface area (Å²) in [6.07, 6.45) is 3.31. The highest BCUT2D eigenvalue weighted by molar-refractivity contribution is 6.08. The number of hydrogen-bond donors (Lipinski definition) is 1. The maximum Gasteiger partial charge on any atom is 0.260 e. The molecule has 1 N–H and O–H groups in total. The maximum absolute atomic E-state index is 14.2. The predicted molar refractivity (Wildman–Crippen MR) is 119 cm³/mol. The number of anilines is 1. The third kappa shape index (κ3) is 4.59. The van der Waals surface area contributed by atoms with E-state index in [9.17, 15) is 13.6 Å². The zero-order valence-corrected chi connectivity index (χ0v) is 17.7. The summed E-state index contributed by atoms with van der Waals surface area (Å²) >= 11 is 0. The van der Waals surface area contributed by atoms with Gasteiger partial charge >= 0.3 is 0 Å². The minimum absolute atomic E-state index is 0.156. The number of amides is 1. The molecule has 7 nitrogen and oxygen atoms in total. The molecule has 0 atom stereocenters. The van der Waals surface area contributed by atoms with Crippen molar-refractivity contribution in [3.63, 3.8) is 0 Å². The van der Waals surface area contributed by atoms with Gasteiger partial charge in [-0.1, -0.05) is 6.07 Å². The Morgan fingerprint density at radius 2 is 1.91 bits per heavy atom. The standard InChI is InChI=1S/C24H21F2N5O2/c25-16-6-7-18(20(26)13-16)21-15-31-8-2-4-19(23(31)28-21)24(32)29-22-5-1-3-17(27-22)14-30-9-11-33-12-10-30/h1-8,13,15H,9-12,14H2,(H,27,29,32). The minimum atomic E-state index is -0.717. The van der Waals surface area contributed by atoms with Gasteiger partial charge in [0.25, 0.3) is 5.91 Å². The van der Waals surface area contributed by atoms with Crippen LogP contribution in [-0.4, -0.2) is 51.5 Å². The number of hydrogen-bond acceptors (Lipinski definition) is 5. The van der Waals surface area contributed by atoms with Crippen molar-refractivity contribution in [1.29, 1.82) is 0 Å². The van der Waals surface area contributed by atoms with Crippen LogP contribution in [0.4, 0.5) is 14.6 Å². The van der Waals surface area contributed by atoms with E-state index >= 15 is 0 Å². The van der Waals surface area contributed by atoms with E-state index in [0.717, 1.165) is 24.8 Å². The first-order chi connectivity index (χ1) is 16.1. The molecule has 0 spiro atoms. The number of nitrogens with one attached hydrogen (secondary N) is 1. The van der Waals surface area contributed by atoms with Gasteiger partial charge in [-0.05, 0) is 36.4 Å². The quantitative estimate of drug-likeness (QED) is 0.502. The number of nitrogens with zero attached hydrogens (tertiary/aromatic N) is 4. The second-order valence-electron chi connectivity index (χ2n) is 7.76. The van der Waals surface area contributed by atoms with Crippen LogP contribution in [0.1, 0.15) is 16.1 Å². The van der Waals surface area contributed by atoms with E-state index in [-0.39, 0.29) is 11.5 Å². The molecule has 33 heavy (non-hydrogen) atoms. The fourth-order valence-electron chi connectivity index (χ4n) is 3.83. The topological polar surface area (TPSA) is 71.8 Å². The molecule has 1 aliphatic rings. The van der Waals surface area contributed by atoms with E-state index in [2.05, 4.69) is 20.2 Å². The molecule has 9 heteroatoms. The summed E-state index contributed by atoms with van der Waals surface area (Å²) in [5.41, 5.74) is 1.98. The number of imidazole rings is 1. The largest absolute Gasteiger partial charge is 0.379 e. The van der Waals surface area contributed by atoms with Gasteiger partial charge in [-0.15, -0.1) is 0 Å². The first-order valence-electron chi connectivity index (χ1n) is 10.6. The van der Waals surface area contributed by atoms with Gasteiger partial charge < -0.3 is 14.5 Å². The van der Waals surface area contributed by atoms with Crippen LogP contribution in [-0.2, 0) is 11.3 Å². The summed E-state index contributed by atoms with van der Waals surface area (Å²) < 4.78 is 34.5. The molecule has 1 amide bonds. The fourth-order valence-corrected chi connectivity index (χ4v) is 3.83. The number of benzene rings is 1. The van der Waals surface area contributed by atoms with Crippen molar-refractivity contribution in [3.05, 3.63) is 83.8 Å². The number of halogens is 2. The molecule has 0 saturated carbocycles. The van der Waals surface area contributed by atoms with Gasteiger partial charge in [0.15, 0.2) is 0 Å². The lowest BCUT2D eigenvalue weighted by atomic mass is 10.1. The summed E-state index contributed by atoms with van der Waals surface area (Å²) in [4.78, 5) is 24.3. The molecule has 5 rings (SSSR count). The Hall–Kier alpha value is -3.69. The van der Waals surface area contributed by atoms with Crippen LogP contribution in [0.15, 0.2) is 60.9 Å². The highest BCUT2D eigenvalue weighted by Crippen LogP contribution is 2.24. The molecule has 0 unspecified atom stereocenters. The second-order valence-corrected chi connectivity index (χ2v) is 7.76. The SMILES string of the molecule is O=C(Nc1cccc(CN2CCOCC2)n1)c1cccn2cc(-c3ccc(F)cc3F)nc12. The third-order valence-electron chi connectivity index (χ3n) is 5.47. The predicted octanol–water partition coefficient (Wildman–Crippen LogP) is 3.76. The van der Waals surface area contributed by atoms with E-state index in [0.29, 0.717) is 42.5 Å². The average molecular weight is 449 g/mol. The molecule has 0 aliphatic carbocycles. The van der Waals surface area contributed by atoms with Crippen molar-refractivity contribution in [3.8, 4) is 11.3 Å². The molecule has 1 fully saturated rings. The lowest BCUT2D eigenvalue weighted by Gasteiger charge is -2.26. The summed E-state index contributed by atoms with van der Waals surface area (Å²) in [6, 6.07) is 12.2. The number of pyridine rings is 2. The van der Waals surface area contributed by atoms with E-state index in [1.807, 2.05) is 12.1 Å². The Balaban J connectivity index is 1.38. The Bertz CT molecular complexity index is 1320. The van der Waals surface area contributed by atoms with Crippen molar-refractivity contribution < 1.29 is 18.3 Å². The molecular weight excluding hydrogens is 428 g/mol.